The van der Waals surface area contributed by atoms with Crippen LogP contribution in [0.5, 0.6) is 0 Å². The Balaban J connectivity index is 1.51. The lowest BCUT2D eigenvalue weighted by Gasteiger charge is -2.35. The lowest BCUT2D eigenvalue weighted by Crippen LogP contribution is -2.49. The van der Waals surface area contributed by atoms with Gasteiger partial charge in [-0.05, 0) is 63.0 Å². The molecule has 3 rings (SSSR count). The van der Waals surface area contributed by atoms with Gasteiger partial charge in [0.2, 0.25) is 5.91 Å². The predicted octanol–water partition coefficient (Wildman–Crippen LogP) is 2.70. The van der Waals surface area contributed by atoms with Gasteiger partial charge in [-0.2, -0.15) is 0 Å². The Morgan fingerprint density at radius 2 is 1.70 bits per heavy atom. The second-order valence-electron chi connectivity index (χ2n) is 8.15. The molecule has 2 N–H and O–H groups in total. The molecule has 0 spiro atoms. The van der Waals surface area contributed by atoms with Crippen molar-refractivity contribution in [1.29, 1.82) is 0 Å². The SMILES string of the molecule is COCC1(C(=O)NCc2ccc(CN3CCCCCC3)cc2)CCNCC1. The van der Waals surface area contributed by atoms with Crippen LogP contribution in [0.4, 0.5) is 0 Å². The van der Waals surface area contributed by atoms with Gasteiger partial charge in [-0.1, -0.05) is 37.1 Å². The van der Waals surface area contributed by atoms with Gasteiger partial charge in [-0.15, -0.1) is 0 Å². The van der Waals surface area contributed by atoms with E-state index in [0.717, 1.165) is 38.0 Å². The number of methoxy groups -OCH3 is 1. The number of benzene rings is 1. The number of carbonyl (C=O) groups excluding carboxylic acids is 1. The standard InChI is InChI=1S/C22H35N3O2/c1-27-18-22(10-12-23-13-11-22)21(26)24-16-19-6-8-20(9-7-19)17-25-14-4-2-3-5-15-25/h6-9,23H,2-5,10-18H2,1H3,(H,24,26). The molecule has 2 aliphatic heterocycles. The molecule has 0 aliphatic carbocycles. The maximum Gasteiger partial charge on any atom is 0.228 e. The van der Waals surface area contributed by atoms with E-state index >= 15 is 0 Å². The van der Waals surface area contributed by atoms with Crippen LogP contribution in [0.15, 0.2) is 24.3 Å². The van der Waals surface area contributed by atoms with Crippen molar-refractivity contribution in [2.75, 3.05) is 39.9 Å². The lowest BCUT2D eigenvalue weighted by atomic mass is 9.78. The van der Waals surface area contributed by atoms with Crippen LogP contribution < -0.4 is 10.6 Å². The topological polar surface area (TPSA) is 53.6 Å². The van der Waals surface area contributed by atoms with Crippen molar-refractivity contribution in [3.05, 3.63) is 35.4 Å². The van der Waals surface area contributed by atoms with Crippen molar-refractivity contribution in [2.45, 2.75) is 51.6 Å². The molecule has 0 bridgehead atoms. The number of carbonyl (C=O) groups is 1. The van der Waals surface area contributed by atoms with E-state index in [4.69, 9.17) is 4.74 Å². The molecule has 150 valence electrons. The fraction of sp³-hybridized carbons (Fsp3) is 0.682. The second kappa shape index (κ2) is 10.2. The van der Waals surface area contributed by atoms with Gasteiger partial charge in [0.1, 0.15) is 0 Å². The number of likely N-dealkylation sites (tertiary alicyclic amines) is 1. The van der Waals surface area contributed by atoms with E-state index in [2.05, 4.69) is 39.8 Å². The average molecular weight is 374 g/mol. The van der Waals surface area contributed by atoms with E-state index in [-0.39, 0.29) is 11.3 Å². The van der Waals surface area contributed by atoms with Crippen molar-refractivity contribution in [3.8, 4) is 0 Å². The molecule has 0 saturated carbocycles. The van der Waals surface area contributed by atoms with Crippen molar-refractivity contribution >= 4 is 5.91 Å². The minimum Gasteiger partial charge on any atom is -0.384 e. The summed E-state index contributed by atoms with van der Waals surface area (Å²) in [6.45, 7) is 6.31. The molecule has 1 aromatic carbocycles. The molecule has 2 heterocycles. The highest BCUT2D eigenvalue weighted by Gasteiger charge is 2.39. The number of nitrogens with one attached hydrogen (secondary N) is 2. The Morgan fingerprint density at radius 1 is 1.07 bits per heavy atom. The number of hydrogen-bond acceptors (Lipinski definition) is 4. The first-order valence-corrected chi connectivity index (χ1v) is 10.5. The molecule has 0 unspecified atom stereocenters. The maximum absolute atomic E-state index is 12.8. The van der Waals surface area contributed by atoms with Gasteiger partial charge in [0, 0.05) is 20.2 Å². The van der Waals surface area contributed by atoms with Crippen LogP contribution in [0.2, 0.25) is 0 Å². The summed E-state index contributed by atoms with van der Waals surface area (Å²) in [4.78, 5) is 15.4. The summed E-state index contributed by atoms with van der Waals surface area (Å²) in [5.41, 5.74) is 2.14. The summed E-state index contributed by atoms with van der Waals surface area (Å²) in [5, 5.41) is 6.48. The minimum atomic E-state index is -0.382. The molecular weight excluding hydrogens is 338 g/mol. The summed E-state index contributed by atoms with van der Waals surface area (Å²) < 4.78 is 5.36. The van der Waals surface area contributed by atoms with Gasteiger partial charge in [-0.3, -0.25) is 9.69 Å². The van der Waals surface area contributed by atoms with Crippen LogP contribution in [-0.2, 0) is 22.6 Å². The van der Waals surface area contributed by atoms with Crippen molar-refractivity contribution < 1.29 is 9.53 Å². The molecule has 27 heavy (non-hydrogen) atoms. The normalized spacial score (nSPS) is 20.8. The predicted molar refractivity (Wildman–Crippen MR) is 108 cm³/mol. The highest BCUT2D eigenvalue weighted by atomic mass is 16.5. The first kappa shape index (κ1) is 20.3. The zero-order chi connectivity index (χ0) is 19.0. The lowest BCUT2D eigenvalue weighted by molar-refractivity contribution is -0.136. The van der Waals surface area contributed by atoms with Crippen LogP contribution in [0.1, 0.15) is 49.7 Å². The fourth-order valence-electron chi connectivity index (χ4n) is 4.30. The molecule has 1 aromatic rings. The molecule has 0 atom stereocenters. The fourth-order valence-corrected chi connectivity index (χ4v) is 4.30. The average Bonchev–Trinajstić information content (AvgIpc) is 2.97. The Hall–Kier alpha value is -1.43. The molecule has 2 fully saturated rings. The first-order chi connectivity index (χ1) is 13.2. The quantitative estimate of drug-likeness (QED) is 0.772. The number of hydrogen-bond donors (Lipinski definition) is 2. The highest BCUT2D eigenvalue weighted by molar-refractivity contribution is 5.83. The van der Waals surface area contributed by atoms with Gasteiger partial charge in [0.15, 0.2) is 0 Å². The Bertz CT molecular complexity index is 568. The van der Waals surface area contributed by atoms with E-state index < -0.39 is 0 Å². The van der Waals surface area contributed by atoms with Crippen LogP contribution >= 0.6 is 0 Å². The molecule has 2 aliphatic rings. The summed E-state index contributed by atoms with van der Waals surface area (Å²) in [7, 11) is 1.68. The molecular formula is C22H35N3O2. The van der Waals surface area contributed by atoms with Crippen LogP contribution in [0, 0.1) is 5.41 Å². The smallest absolute Gasteiger partial charge is 0.228 e. The van der Waals surface area contributed by atoms with E-state index in [9.17, 15) is 4.79 Å². The Morgan fingerprint density at radius 3 is 2.33 bits per heavy atom. The third-order valence-electron chi connectivity index (χ3n) is 6.04. The number of rotatable bonds is 7. The Kier molecular flexibility index (Phi) is 7.68. The molecule has 2 saturated heterocycles. The summed E-state index contributed by atoms with van der Waals surface area (Å²) >= 11 is 0. The summed E-state index contributed by atoms with van der Waals surface area (Å²) in [6, 6.07) is 8.72. The summed E-state index contributed by atoms with van der Waals surface area (Å²) in [6.07, 6.45) is 7.06. The highest BCUT2D eigenvalue weighted by Crippen LogP contribution is 2.29. The number of ether oxygens (including phenoxy) is 1. The maximum atomic E-state index is 12.8. The van der Waals surface area contributed by atoms with E-state index in [0.29, 0.717) is 13.2 Å². The van der Waals surface area contributed by atoms with Gasteiger partial charge in [0.05, 0.1) is 12.0 Å². The molecule has 0 aromatic heterocycles. The van der Waals surface area contributed by atoms with Crippen LogP contribution in [-0.4, -0.2) is 50.7 Å². The Labute approximate surface area is 163 Å². The molecule has 0 radical (unpaired) electrons. The third kappa shape index (κ3) is 5.77. The number of piperidine rings is 1. The van der Waals surface area contributed by atoms with Crippen molar-refractivity contribution in [2.24, 2.45) is 5.41 Å². The van der Waals surface area contributed by atoms with Crippen LogP contribution in [0.25, 0.3) is 0 Å². The van der Waals surface area contributed by atoms with Crippen molar-refractivity contribution in [1.82, 2.24) is 15.5 Å². The van der Waals surface area contributed by atoms with Gasteiger partial charge >= 0.3 is 0 Å². The minimum absolute atomic E-state index is 0.125. The second-order valence-corrected chi connectivity index (χ2v) is 8.15. The van der Waals surface area contributed by atoms with E-state index in [1.807, 2.05) is 0 Å². The van der Waals surface area contributed by atoms with E-state index in [1.165, 1.54) is 44.3 Å². The zero-order valence-corrected chi connectivity index (χ0v) is 16.8. The molecule has 5 heteroatoms. The summed E-state index contributed by atoms with van der Waals surface area (Å²) in [5.74, 6) is 0.125. The monoisotopic (exact) mass is 373 g/mol. The largest absolute Gasteiger partial charge is 0.384 e. The van der Waals surface area contributed by atoms with Gasteiger partial charge in [0.25, 0.3) is 0 Å². The van der Waals surface area contributed by atoms with Gasteiger partial charge in [-0.25, -0.2) is 0 Å². The number of amides is 1. The third-order valence-corrected chi connectivity index (χ3v) is 6.04. The number of nitrogens with zero attached hydrogens (tertiary/aromatic N) is 1. The van der Waals surface area contributed by atoms with Gasteiger partial charge < -0.3 is 15.4 Å². The zero-order valence-electron chi connectivity index (χ0n) is 16.8. The first-order valence-electron chi connectivity index (χ1n) is 10.5. The molecule has 5 nitrogen and oxygen atoms in total. The van der Waals surface area contributed by atoms with Crippen molar-refractivity contribution in [3.63, 3.8) is 0 Å². The van der Waals surface area contributed by atoms with Crippen LogP contribution in [0.3, 0.4) is 0 Å². The molecule has 1 amide bonds. The van der Waals surface area contributed by atoms with E-state index in [1.54, 1.807) is 7.11 Å².